The molecule has 1 atom stereocenters. The summed E-state index contributed by atoms with van der Waals surface area (Å²) in [6.45, 7) is 0.590. The van der Waals surface area contributed by atoms with Crippen LogP contribution in [0.4, 0.5) is 4.79 Å². The summed E-state index contributed by atoms with van der Waals surface area (Å²) in [5.41, 5.74) is 0. The molecule has 1 fully saturated rings. The fourth-order valence-corrected chi connectivity index (χ4v) is 3.22. The minimum Gasteiger partial charge on any atom is -0.453 e. The molecule has 1 amide bonds. The lowest BCUT2D eigenvalue weighted by molar-refractivity contribution is 0.167. The van der Waals surface area contributed by atoms with E-state index in [1.54, 1.807) is 0 Å². The first-order valence-electron chi connectivity index (χ1n) is 5.38. The van der Waals surface area contributed by atoms with Crippen molar-refractivity contribution in [2.75, 3.05) is 20.2 Å². The first-order valence-corrected chi connectivity index (χ1v) is 6.82. The van der Waals surface area contributed by atoms with Gasteiger partial charge in [0.25, 0.3) is 10.0 Å². The zero-order chi connectivity index (χ0) is 13.2. The quantitative estimate of drug-likeness (QED) is 0.775. The van der Waals surface area contributed by atoms with E-state index in [4.69, 9.17) is 0 Å². The van der Waals surface area contributed by atoms with Crippen molar-refractivity contribution in [1.29, 1.82) is 0 Å². The van der Waals surface area contributed by atoms with Gasteiger partial charge in [-0.25, -0.2) is 13.2 Å². The van der Waals surface area contributed by atoms with E-state index in [2.05, 4.69) is 20.3 Å². The maximum atomic E-state index is 12.1. The number of ether oxygens (including phenoxy) is 1. The molecular formula is C9H14N4O4S. The van der Waals surface area contributed by atoms with Crippen LogP contribution < -0.4 is 5.32 Å². The topological polar surface area (TPSA) is 104 Å². The number of H-pyrrole nitrogens is 1. The van der Waals surface area contributed by atoms with E-state index >= 15 is 0 Å². The fraction of sp³-hybridized carbons (Fsp3) is 0.556. The number of nitrogens with zero attached hydrogens (tertiary/aromatic N) is 2. The molecule has 0 aromatic carbocycles. The fourth-order valence-electron chi connectivity index (χ4n) is 1.82. The Morgan fingerprint density at radius 2 is 2.44 bits per heavy atom. The third kappa shape index (κ3) is 2.46. The minimum atomic E-state index is -3.55. The Morgan fingerprint density at radius 1 is 1.67 bits per heavy atom. The summed E-state index contributed by atoms with van der Waals surface area (Å²) in [4.78, 5) is 11.0. The van der Waals surface area contributed by atoms with E-state index in [1.165, 1.54) is 23.7 Å². The SMILES string of the molecule is COC(=O)NC1CCN(S(=O)(=O)c2ccn[nH]2)C1. The number of carbonyl (C=O) groups excluding carboxylic acids is 1. The zero-order valence-electron chi connectivity index (χ0n) is 9.79. The normalized spacial score (nSPS) is 20.8. The number of carbonyl (C=O) groups is 1. The van der Waals surface area contributed by atoms with Gasteiger partial charge in [-0.15, -0.1) is 0 Å². The van der Waals surface area contributed by atoms with Crippen LogP contribution in [-0.4, -0.2) is 55.3 Å². The summed E-state index contributed by atoms with van der Waals surface area (Å²) in [5.74, 6) is 0. The van der Waals surface area contributed by atoms with Crippen molar-refractivity contribution in [3.63, 3.8) is 0 Å². The maximum Gasteiger partial charge on any atom is 0.407 e. The van der Waals surface area contributed by atoms with Crippen LogP contribution >= 0.6 is 0 Å². The largest absolute Gasteiger partial charge is 0.453 e. The molecular weight excluding hydrogens is 260 g/mol. The molecule has 1 aliphatic rings. The molecule has 1 aromatic rings. The van der Waals surface area contributed by atoms with E-state index in [0.717, 1.165) is 0 Å². The van der Waals surface area contributed by atoms with Gasteiger partial charge in [0.2, 0.25) is 0 Å². The molecule has 2 N–H and O–H groups in total. The number of methoxy groups -OCH3 is 1. The van der Waals surface area contributed by atoms with Crippen LogP contribution in [0.2, 0.25) is 0 Å². The zero-order valence-corrected chi connectivity index (χ0v) is 10.6. The summed E-state index contributed by atoms with van der Waals surface area (Å²) in [6, 6.07) is 1.17. The van der Waals surface area contributed by atoms with Crippen LogP contribution in [-0.2, 0) is 14.8 Å². The summed E-state index contributed by atoms with van der Waals surface area (Å²) >= 11 is 0. The summed E-state index contributed by atoms with van der Waals surface area (Å²) in [6.07, 6.45) is 1.39. The van der Waals surface area contributed by atoms with Gasteiger partial charge in [0.1, 0.15) is 0 Å². The second-order valence-corrected chi connectivity index (χ2v) is 5.81. The first kappa shape index (κ1) is 12.8. The highest BCUT2D eigenvalue weighted by molar-refractivity contribution is 7.89. The average Bonchev–Trinajstić information content (AvgIpc) is 2.99. The maximum absolute atomic E-state index is 12.1. The van der Waals surface area contributed by atoms with Gasteiger partial charge in [-0.2, -0.15) is 9.40 Å². The van der Waals surface area contributed by atoms with Gasteiger partial charge >= 0.3 is 6.09 Å². The predicted octanol–water partition coefficient (Wildman–Crippen LogP) is -0.471. The summed E-state index contributed by atoms with van der Waals surface area (Å²) in [7, 11) is -2.28. The van der Waals surface area contributed by atoms with Gasteiger partial charge in [-0.05, 0) is 12.5 Å². The van der Waals surface area contributed by atoms with Crippen LogP contribution in [0.1, 0.15) is 6.42 Å². The standard InChI is InChI=1S/C9H14N4O4S/c1-17-9(14)11-7-3-5-13(6-7)18(15,16)8-2-4-10-12-8/h2,4,7H,3,5-6H2,1H3,(H,10,12)(H,11,14). The number of rotatable bonds is 3. The second kappa shape index (κ2) is 4.94. The molecule has 0 radical (unpaired) electrons. The smallest absolute Gasteiger partial charge is 0.407 e. The summed E-state index contributed by atoms with van der Waals surface area (Å²) < 4.78 is 30.0. The first-order chi connectivity index (χ1) is 8.54. The predicted molar refractivity (Wildman–Crippen MR) is 61.3 cm³/mol. The molecule has 9 heteroatoms. The van der Waals surface area contributed by atoms with Gasteiger partial charge in [0.05, 0.1) is 13.3 Å². The molecule has 8 nitrogen and oxygen atoms in total. The van der Waals surface area contributed by atoms with Gasteiger partial charge in [0, 0.05) is 19.1 Å². The van der Waals surface area contributed by atoms with Crippen LogP contribution in [0, 0.1) is 0 Å². The molecule has 18 heavy (non-hydrogen) atoms. The number of sulfonamides is 1. The van der Waals surface area contributed by atoms with Gasteiger partial charge in [-0.3, -0.25) is 5.10 Å². The van der Waals surface area contributed by atoms with E-state index in [0.29, 0.717) is 13.0 Å². The van der Waals surface area contributed by atoms with Crippen LogP contribution in [0.3, 0.4) is 0 Å². The second-order valence-electron chi connectivity index (χ2n) is 3.91. The van der Waals surface area contributed by atoms with Crippen molar-refractivity contribution in [3.05, 3.63) is 12.3 Å². The Morgan fingerprint density at radius 3 is 3.06 bits per heavy atom. The van der Waals surface area contributed by atoms with Crippen molar-refractivity contribution in [2.24, 2.45) is 0 Å². The van der Waals surface area contributed by atoms with E-state index in [9.17, 15) is 13.2 Å². The Bertz CT molecular complexity index is 513. The molecule has 100 valence electrons. The van der Waals surface area contributed by atoms with Crippen molar-refractivity contribution in [1.82, 2.24) is 19.8 Å². The Balaban J connectivity index is 2.03. The molecule has 1 aromatic heterocycles. The molecule has 0 spiro atoms. The average molecular weight is 274 g/mol. The minimum absolute atomic E-state index is 0.0567. The molecule has 2 rings (SSSR count). The van der Waals surface area contributed by atoms with Crippen molar-refractivity contribution >= 4 is 16.1 Å². The molecule has 0 bridgehead atoms. The third-order valence-corrected chi connectivity index (χ3v) is 4.55. The number of aromatic nitrogens is 2. The highest BCUT2D eigenvalue weighted by atomic mass is 32.2. The van der Waals surface area contributed by atoms with Crippen molar-refractivity contribution < 1.29 is 17.9 Å². The van der Waals surface area contributed by atoms with Gasteiger partial charge in [0.15, 0.2) is 5.03 Å². The number of alkyl carbamates (subject to hydrolysis) is 1. The lowest BCUT2D eigenvalue weighted by atomic mass is 10.3. The molecule has 1 unspecified atom stereocenters. The van der Waals surface area contributed by atoms with Crippen LogP contribution in [0.25, 0.3) is 0 Å². The highest BCUT2D eigenvalue weighted by Gasteiger charge is 2.34. The number of hydrogen-bond acceptors (Lipinski definition) is 5. The Kier molecular flexibility index (Phi) is 3.53. The van der Waals surface area contributed by atoms with Crippen LogP contribution in [0.15, 0.2) is 17.3 Å². The van der Waals surface area contributed by atoms with E-state index < -0.39 is 16.1 Å². The molecule has 0 saturated carbocycles. The monoisotopic (exact) mass is 274 g/mol. The Hall–Kier alpha value is -1.61. The van der Waals surface area contributed by atoms with Crippen molar-refractivity contribution in [3.8, 4) is 0 Å². The molecule has 2 heterocycles. The lowest BCUT2D eigenvalue weighted by Gasteiger charge is -2.15. The number of hydrogen-bond donors (Lipinski definition) is 2. The highest BCUT2D eigenvalue weighted by Crippen LogP contribution is 2.19. The van der Waals surface area contributed by atoms with E-state index in [1.807, 2.05) is 0 Å². The molecule has 0 aliphatic carbocycles. The molecule has 1 saturated heterocycles. The van der Waals surface area contributed by atoms with Crippen molar-refractivity contribution in [2.45, 2.75) is 17.5 Å². The van der Waals surface area contributed by atoms with E-state index in [-0.39, 0.29) is 17.6 Å². The Labute approximate surface area is 104 Å². The summed E-state index contributed by atoms with van der Waals surface area (Å²) in [5, 5.41) is 8.69. The van der Waals surface area contributed by atoms with Gasteiger partial charge in [-0.1, -0.05) is 0 Å². The third-order valence-electron chi connectivity index (χ3n) is 2.75. The van der Waals surface area contributed by atoms with Crippen LogP contribution in [0.5, 0.6) is 0 Å². The molecule has 1 aliphatic heterocycles. The number of aromatic amines is 1. The van der Waals surface area contributed by atoms with Gasteiger partial charge < -0.3 is 10.1 Å². The number of amides is 1. The number of nitrogens with one attached hydrogen (secondary N) is 2. The lowest BCUT2D eigenvalue weighted by Crippen LogP contribution is -2.38.